The molecule has 0 amide bonds. The van der Waals surface area contributed by atoms with Crippen molar-refractivity contribution in [3.05, 3.63) is 0 Å². The van der Waals surface area contributed by atoms with Crippen LogP contribution in [0.5, 0.6) is 0 Å². The summed E-state index contributed by atoms with van der Waals surface area (Å²) in [5.41, 5.74) is -0.306. The Morgan fingerprint density at radius 1 is 1.33 bits per heavy atom. The summed E-state index contributed by atoms with van der Waals surface area (Å²) in [5, 5.41) is 9.13. The lowest BCUT2D eigenvalue weighted by molar-refractivity contribution is -0.142. The molecule has 2 aliphatic rings. The minimum Gasteiger partial charge on any atom is -0.481 e. The van der Waals surface area contributed by atoms with Crippen molar-refractivity contribution in [3.63, 3.8) is 0 Å². The van der Waals surface area contributed by atoms with Crippen LogP contribution in [0.1, 0.15) is 40.0 Å². The van der Waals surface area contributed by atoms with E-state index in [1.54, 1.807) is 0 Å². The van der Waals surface area contributed by atoms with E-state index in [1.165, 1.54) is 4.31 Å². The molecule has 0 radical (unpaired) electrons. The molecule has 2 rings (SSSR count). The second-order valence-electron chi connectivity index (χ2n) is 6.63. The minimum absolute atomic E-state index is 0.0827. The number of fused-ring (bicyclic) bond motifs is 2. The molecule has 0 aromatic heterocycles. The predicted molar refractivity (Wildman–Crippen MR) is 67.6 cm³/mol. The van der Waals surface area contributed by atoms with Gasteiger partial charge < -0.3 is 5.11 Å². The second-order valence-corrected chi connectivity index (χ2v) is 8.50. The van der Waals surface area contributed by atoms with Crippen LogP contribution in [-0.2, 0) is 14.8 Å². The van der Waals surface area contributed by atoms with E-state index in [9.17, 15) is 13.2 Å². The van der Waals surface area contributed by atoms with Crippen molar-refractivity contribution in [2.75, 3.05) is 5.75 Å². The first-order chi connectivity index (χ1) is 8.12. The number of hydrogen-bond acceptors (Lipinski definition) is 3. The Bertz CT molecular complexity index is 451. The highest BCUT2D eigenvalue weighted by molar-refractivity contribution is 7.89. The molecule has 18 heavy (non-hydrogen) atoms. The van der Waals surface area contributed by atoms with Gasteiger partial charge in [-0.15, -0.1) is 0 Å². The van der Waals surface area contributed by atoms with Crippen LogP contribution in [0.25, 0.3) is 0 Å². The number of rotatable bonds is 3. The minimum atomic E-state index is -3.35. The highest BCUT2D eigenvalue weighted by Crippen LogP contribution is 2.44. The van der Waals surface area contributed by atoms with Crippen molar-refractivity contribution in [1.82, 2.24) is 4.31 Å². The van der Waals surface area contributed by atoms with E-state index in [0.29, 0.717) is 12.8 Å². The van der Waals surface area contributed by atoms with Crippen molar-refractivity contribution < 1.29 is 18.3 Å². The smallest absolute Gasteiger partial charge is 0.308 e. The largest absolute Gasteiger partial charge is 0.481 e. The van der Waals surface area contributed by atoms with Crippen LogP contribution >= 0.6 is 0 Å². The standard InChI is InChI=1S/C12H21NO4S/c1-12(2,3)7-18(16,17)13-8-4-5-10(13)9(6-8)11(14)15/h8-10H,4-7H2,1-3H3,(H,14,15). The molecule has 5 nitrogen and oxygen atoms in total. The van der Waals surface area contributed by atoms with Crippen molar-refractivity contribution in [2.24, 2.45) is 11.3 Å². The molecule has 2 bridgehead atoms. The van der Waals surface area contributed by atoms with E-state index in [1.807, 2.05) is 20.8 Å². The van der Waals surface area contributed by atoms with Crippen LogP contribution in [0.15, 0.2) is 0 Å². The number of carboxylic acids is 1. The Balaban J connectivity index is 2.23. The van der Waals surface area contributed by atoms with E-state index in [0.717, 1.165) is 6.42 Å². The molecule has 2 heterocycles. The Morgan fingerprint density at radius 3 is 2.39 bits per heavy atom. The summed E-state index contributed by atoms with van der Waals surface area (Å²) < 4.78 is 26.3. The zero-order valence-electron chi connectivity index (χ0n) is 11.1. The normalized spacial score (nSPS) is 32.9. The lowest BCUT2D eigenvalue weighted by Gasteiger charge is -2.27. The fourth-order valence-corrected chi connectivity index (χ4v) is 5.81. The third-order valence-electron chi connectivity index (χ3n) is 3.73. The van der Waals surface area contributed by atoms with Gasteiger partial charge in [-0.25, -0.2) is 8.42 Å². The number of aliphatic carboxylic acids is 1. The molecule has 2 aliphatic heterocycles. The van der Waals surface area contributed by atoms with Gasteiger partial charge in [0.1, 0.15) is 0 Å². The molecular formula is C12H21NO4S. The zero-order valence-corrected chi connectivity index (χ0v) is 11.9. The number of carboxylic acid groups (broad SMARTS) is 1. The summed E-state index contributed by atoms with van der Waals surface area (Å²) in [6.45, 7) is 5.66. The number of nitrogens with zero attached hydrogens (tertiary/aromatic N) is 1. The summed E-state index contributed by atoms with van der Waals surface area (Å²) in [6.07, 6.45) is 1.96. The summed E-state index contributed by atoms with van der Waals surface area (Å²) >= 11 is 0. The van der Waals surface area contributed by atoms with Crippen molar-refractivity contribution in [1.29, 1.82) is 0 Å². The zero-order chi connectivity index (χ0) is 13.7. The number of carbonyl (C=O) groups is 1. The average molecular weight is 275 g/mol. The molecule has 0 spiro atoms. The van der Waals surface area contributed by atoms with Gasteiger partial charge >= 0.3 is 5.97 Å². The quantitative estimate of drug-likeness (QED) is 0.842. The SMILES string of the molecule is CC(C)(C)CS(=O)(=O)N1C2CCC1C(C(=O)O)C2. The van der Waals surface area contributed by atoms with Gasteiger partial charge in [-0.1, -0.05) is 20.8 Å². The number of hydrogen-bond donors (Lipinski definition) is 1. The van der Waals surface area contributed by atoms with E-state index in [4.69, 9.17) is 5.11 Å². The maximum absolute atomic E-state index is 12.4. The van der Waals surface area contributed by atoms with Crippen LogP contribution in [0.3, 0.4) is 0 Å². The van der Waals surface area contributed by atoms with Gasteiger partial charge in [-0.2, -0.15) is 4.31 Å². The first-order valence-corrected chi connectivity index (χ1v) is 7.97. The molecule has 3 unspecified atom stereocenters. The molecular weight excluding hydrogens is 254 g/mol. The molecule has 0 aromatic carbocycles. The Morgan fingerprint density at radius 2 is 1.94 bits per heavy atom. The Kier molecular flexibility index (Phi) is 3.22. The number of sulfonamides is 1. The predicted octanol–water partition coefficient (Wildman–Crippen LogP) is 1.30. The van der Waals surface area contributed by atoms with Crippen molar-refractivity contribution >= 4 is 16.0 Å². The third kappa shape index (κ3) is 2.40. The van der Waals surface area contributed by atoms with E-state index < -0.39 is 21.9 Å². The van der Waals surface area contributed by atoms with Gasteiger partial charge in [0, 0.05) is 12.1 Å². The first kappa shape index (κ1) is 13.8. The molecule has 3 atom stereocenters. The summed E-state index contributed by atoms with van der Waals surface area (Å²) in [5.74, 6) is -1.30. The van der Waals surface area contributed by atoms with Gasteiger partial charge in [0.25, 0.3) is 0 Å². The molecule has 104 valence electrons. The van der Waals surface area contributed by atoms with Crippen LogP contribution < -0.4 is 0 Å². The Hall–Kier alpha value is -0.620. The maximum Gasteiger partial charge on any atom is 0.308 e. The summed E-state index contributed by atoms with van der Waals surface area (Å²) in [6, 6.07) is -0.414. The third-order valence-corrected chi connectivity index (χ3v) is 6.17. The fourth-order valence-electron chi connectivity index (χ4n) is 3.26. The lowest BCUT2D eigenvalue weighted by atomic mass is 9.89. The van der Waals surface area contributed by atoms with E-state index in [2.05, 4.69) is 0 Å². The topological polar surface area (TPSA) is 74.7 Å². The maximum atomic E-state index is 12.4. The Labute approximate surface area is 108 Å². The van der Waals surface area contributed by atoms with Gasteiger partial charge in [-0.05, 0) is 24.7 Å². The van der Waals surface area contributed by atoms with Gasteiger partial charge in [0.05, 0.1) is 11.7 Å². The highest BCUT2D eigenvalue weighted by Gasteiger charge is 2.54. The van der Waals surface area contributed by atoms with E-state index >= 15 is 0 Å². The van der Waals surface area contributed by atoms with Crippen LogP contribution in [0.2, 0.25) is 0 Å². The van der Waals surface area contributed by atoms with Crippen molar-refractivity contribution in [3.8, 4) is 0 Å². The van der Waals surface area contributed by atoms with Crippen molar-refractivity contribution in [2.45, 2.75) is 52.1 Å². The molecule has 2 fully saturated rings. The first-order valence-electron chi connectivity index (χ1n) is 6.36. The molecule has 1 N–H and O–H groups in total. The fraction of sp³-hybridized carbons (Fsp3) is 0.917. The monoisotopic (exact) mass is 275 g/mol. The van der Waals surface area contributed by atoms with E-state index in [-0.39, 0.29) is 23.3 Å². The summed E-state index contributed by atoms with van der Waals surface area (Å²) in [7, 11) is -3.35. The second kappa shape index (κ2) is 4.20. The van der Waals surface area contributed by atoms with Crippen LogP contribution in [-0.4, -0.2) is 41.6 Å². The molecule has 2 saturated heterocycles. The van der Waals surface area contributed by atoms with Gasteiger partial charge in [0.2, 0.25) is 10.0 Å². The van der Waals surface area contributed by atoms with Gasteiger partial charge in [-0.3, -0.25) is 4.79 Å². The summed E-state index contributed by atoms with van der Waals surface area (Å²) in [4.78, 5) is 11.1. The highest BCUT2D eigenvalue weighted by atomic mass is 32.2. The molecule has 6 heteroatoms. The van der Waals surface area contributed by atoms with Crippen LogP contribution in [0, 0.1) is 11.3 Å². The van der Waals surface area contributed by atoms with Crippen LogP contribution in [0.4, 0.5) is 0 Å². The molecule has 0 aromatic rings. The average Bonchev–Trinajstić information content (AvgIpc) is 2.69. The molecule has 0 saturated carbocycles. The van der Waals surface area contributed by atoms with Gasteiger partial charge in [0.15, 0.2) is 0 Å². The molecule has 0 aliphatic carbocycles. The lowest BCUT2D eigenvalue weighted by Crippen LogP contribution is -2.41.